The Morgan fingerprint density at radius 3 is 2.35 bits per heavy atom. The van der Waals surface area contributed by atoms with Gasteiger partial charge in [0, 0.05) is 6.61 Å². The Hall–Kier alpha value is -0.860. The zero-order valence-corrected chi connectivity index (χ0v) is 13.2. The predicted octanol–water partition coefficient (Wildman–Crippen LogP) is 4.42. The maximum atomic E-state index is 5.94. The van der Waals surface area contributed by atoms with Gasteiger partial charge in [-0.05, 0) is 50.3 Å². The molecule has 0 aliphatic heterocycles. The quantitative estimate of drug-likeness (QED) is 0.758. The maximum Gasteiger partial charge on any atom is 0.0769 e. The average molecular weight is 275 g/mol. The van der Waals surface area contributed by atoms with E-state index in [1.165, 1.54) is 30.4 Å². The number of nitrogens with one attached hydrogen (secondary N) is 1. The molecular weight excluding hydrogens is 246 g/mol. The summed E-state index contributed by atoms with van der Waals surface area (Å²) in [5.74, 6) is 0.815. The summed E-state index contributed by atoms with van der Waals surface area (Å²) in [4.78, 5) is 0. The van der Waals surface area contributed by atoms with E-state index in [4.69, 9.17) is 4.74 Å². The fourth-order valence-corrected chi connectivity index (χ4v) is 3.13. The lowest BCUT2D eigenvalue weighted by Crippen LogP contribution is -2.31. The Labute approximate surface area is 123 Å². The fraction of sp³-hybridized carbons (Fsp3) is 0.667. The Bertz CT molecular complexity index is 377. The number of likely N-dealkylation sites (N-methyl/N-ethyl adjacent to an activating group) is 1. The van der Waals surface area contributed by atoms with Crippen LogP contribution in [0, 0.1) is 0 Å². The summed E-state index contributed by atoms with van der Waals surface area (Å²) in [5.41, 5.74) is 2.86. The third-order valence-electron chi connectivity index (χ3n) is 4.51. The van der Waals surface area contributed by atoms with E-state index < -0.39 is 0 Å². The van der Waals surface area contributed by atoms with Crippen molar-refractivity contribution < 1.29 is 4.74 Å². The first-order valence-corrected chi connectivity index (χ1v) is 8.18. The van der Waals surface area contributed by atoms with Crippen molar-refractivity contribution >= 4 is 0 Å². The monoisotopic (exact) mass is 275 g/mol. The van der Waals surface area contributed by atoms with E-state index in [-0.39, 0.29) is 6.10 Å². The first-order valence-electron chi connectivity index (χ1n) is 8.18. The van der Waals surface area contributed by atoms with Crippen molar-refractivity contribution in [3.8, 4) is 0 Å². The number of hydrogen-bond donors (Lipinski definition) is 1. The van der Waals surface area contributed by atoms with Crippen LogP contribution in [0.5, 0.6) is 0 Å². The summed E-state index contributed by atoms with van der Waals surface area (Å²) < 4.78 is 5.94. The zero-order chi connectivity index (χ0) is 14.4. The third-order valence-corrected chi connectivity index (χ3v) is 4.51. The summed E-state index contributed by atoms with van der Waals surface area (Å²) in [6.07, 6.45) is 6.66. The van der Waals surface area contributed by atoms with Gasteiger partial charge in [-0.25, -0.2) is 0 Å². The summed E-state index contributed by atoms with van der Waals surface area (Å²) in [6.45, 7) is 5.08. The van der Waals surface area contributed by atoms with Crippen molar-refractivity contribution in [2.24, 2.45) is 0 Å². The molecule has 0 aromatic heterocycles. The largest absolute Gasteiger partial charge is 0.377 e. The maximum absolute atomic E-state index is 5.94. The molecule has 0 radical (unpaired) electrons. The molecule has 1 aromatic carbocycles. The van der Waals surface area contributed by atoms with Gasteiger partial charge in [-0.1, -0.05) is 44.0 Å². The van der Waals surface area contributed by atoms with Crippen LogP contribution < -0.4 is 5.32 Å². The van der Waals surface area contributed by atoms with Gasteiger partial charge in [-0.15, -0.1) is 0 Å². The molecule has 2 rings (SSSR count). The highest BCUT2D eigenvalue weighted by molar-refractivity contribution is 5.29. The average Bonchev–Trinajstić information content (AvgIpc) is 2.40. The minimum absolute atomic E-state index is 0.268. The SMILES string of the molecule is CCCC(OCC)C(NC)c1ccc(C2CCC2)cc1. The summed E-state index contributed by atoms with van der Waals surface area (Å²) in [5, 5.41) is 3.44. The van der Waals surface area contributed by atoms with Gasteiger partial charge in [-0.3, -0.25) is 0 Å². The molecule has 1 aliphatic rings. The van der Waals surface area contributed by atoms with Gasteiger partial charge in [-0.2, -0.15) is 0 Å². The van der Waals surface area contributed by atoms with Crippen LogP contribution >= 0.6 is 0 Å². The first-order chi connectivity index (χ1) is 9.80. The van der Waals surface area contributed by atoms with Gasteiger partial charge in [0.2, 0.25) is 0 Å². The van der Waals surface area contributed by atoms with Crippen molar-refractivity contribution in [1.29, 1.82) is 0 Å². The molecule has 0 heterocycles. The highest BCUT2D eigenvalue weighted by Gasteiger charge is 2.23. The Kier molecular flexibility index (Phi) is 6.06. The Balaban J connectivity index is 2.08. The van der Waals surface area contributed by atoms with E-state index in [2.05, 4.69) is 43.4 Å². The molecule has 0 saturated heterocycles. The minimum Gasteiger partial charge on any atom is -0.377 e. The second-order valence-electron chi connectivity index (χ2n) is 5.84. The normalized spacial score (nSPS) is 18.6. The lowest BCUT2D eigenvalue weighted by atomic mass is 9.79. The summed E-state index contributed by atoms with van der Waals surface area (Å²) in [7, 11) is 2.03. The lowest BCUT2D eigenvalue weighted by Gasteiger charge is -2.29. The predicted molar refractivity (Wildman–Crippen MR) is 85.2 cm³/mol. The molecule has 112 valence electrons. The second kappa shape index (κ2) is 7.80. The number of hydrogen-bond acceptors (Lipinski definition) is 2. The molecule has 0 bridgehead atoms. The van der Waals surface area contributed by atoms with Crippen LogP contribution in [-0.2, 0) is 4.74 Å². The van der Waals surface area contributed by atoms with Crippen molar-refractivity contribution in [3.63, 3.8) is 0 Å². The van der Waals surface area contributed by atoms with Crippen molar-refractivity contribution in [2.45, 2.75) is 64.0 Å². The third kappa shape index (κ3) is 3.62. The number of ether oxygens (including phenoxy) is 1. The van der Waals surface area contributed by atoms with Crippen LogP contribution in [0.3, 0.4) is 0 Å². The molecule has 1 saturated carbocycles. The van der Waals surface area contributed by atoms with Gasteiger partial charge in [0.15, 0.2) is 0 Å². The van der Waals surface area contributed by atoms with Crippen LogP contribution in [0.4, 0.5) is 0 Å². The van der Waals surface area contributed by atoms with Gasteiger partial charge in [0.25, 0.3) is 0 Å². The van der Waals surface area contributed by atoms with E-state index in [9.17, 15) is 0 Å². The molecule has 0 amide bonds. The van der Waals surface area contributed by atoms with E-state index >= 15 is 0 Å². The fourth-order valence-electron chi connectivity index (χ4n) is 3.13. The number of rotatable bonds is 8. The van der Waals surface area contributed by atoms with E-state index in [0.717, 1.165) is 25.4 Å². The van der Waals surface area contributed by atoms with Crippen LogP contribution in [0.15, 0.2) is 24.3 Å². The van der Waals surface area contributed by atoms with E-state index in [1.54, 1.807) is 0 Å². The Morgan fingerprint density at radius 1 is 1.20 bits per heavy atom. The molecule has 1 fully saturated rings. The molecule has 2 heteroatoms. The Morgan fingerprint density at radius 2 is 1.90 bits per heavy atom. The zero-order valence-electron chi connectivity index (χ0n) is 13.2. The van der Waals surface area contributed by atoms with Gasteiger partial charge in [0.05, 0.1) is 12.1 Å². The second-order valence-corrected chi connectivity index (χ2v) is 5.84. The first kappa shape index (κ1) is 15.5. The van der Waals surface area contributed by atoms with Crippen LogP contribution in [0.1, 0.15) is 69.0 Å². The van der Waals surface area contributed by atoms with Gasteiger partial charge >= 0.3 is 0 Å². The highest BCUT2D eigenvalue weighted by atomic mass is 16.5. The smallest absolute Gasteiger partial charge is 0.0769 e. The standard InChI is InChI=1S/C18H29NO/c1-4-7-17(20-5-2)18(19-3)16-12-10-15(11-13-16)14-8-6-9-14/h10-14,17-19H,4-9H2,1-3H3. The van der Waals surface area contributed by atoms with Crippen molar-refractivity contribution in [2.75, 3.05) is 13.7 Å². The van der Waals surface area contributed by atoms with Crippen molar-refractivity contribution in [3.05, 3.63) is 35.4 Å². The van der Waals surface area contributed by atoms with Crippen molar-refractivity contribution in [1.82, 2.24) is 5.32 Å². The molecule has 2 nitrogen and oxygen atoms in total. The van der Waals surface area contributed by atoms with E-state index in [1.807, 2.05) is 7.05 Å². The van der Waals surface area contributed by atoms with Crippen LogP contribution in [-0.4, -0.2) is 19.8 Å². The molecule has 2 unspecified atom stereocenters. The molecule has 2 atom stereocenters. The number of benzene rings is 1. The molecule has 1 aliphatic carbocycles. The topological polar surface area (TPSA) is 21.3 Å². The highest BCUT2D eigenvalue weighted by Crippen LogP contribution is 2.36. The minimum atomic E-state index is 0.268. The van der Waals surface area contributed by atoms with E-state index in [0.29, 0.717) is 6.04 Å². The summed E-state index contributed by atoms with van der Waals surface area (Å²) in [6, 6.07) is 9.51. The van der Waals surface area contributed by atoms with Crippen LogP contribution in [0.25, 0.3) is 0 Å². The molecule has 20 heavy (non-hydrogen) atoms. The van der Waals surface area contributed by atoms with Gasteiger partial charge in [0.1, 0.15) is 0 Å². The molecular formula is C18H29NO. The van der Waals surface area contributed by atoms with Crippen LogP contribution in [0.2, 0.25) is 0 Å². The molecule has 1 N–H and O–H groups in total. The molecule has 1 aromatic rings. The lowest BCUT2D eigenvalue weighted by molar-refractivity contribution is 0.0295. The van der Waals surface area contributed by atoms with Gasteiger partial charge < -0.3 is 10.1 Å². The molecule has 0 spiro atoms. The summed E-state index contributed by atoms with van der Waals surface area (Å²) >= 11 is 0.